The van der Waals surface area contributed by atoms with Gasteiger partial charge in [0.25, 0.3) is 0 Å². The first-order valence-electron chi connectivity index (χ1n) is 16.1. The van der Waals surface area contributed by atoms with Gasteiger partial charge in [-0.25, -0.2) is 5.57 Å². The second-order valence-electron chi connectivity index (χ2n) is 15.1. The van der Waals surface area contributed by atoms with Gasteiger partial charge in [0.2, 0.25) is 0 Å². The van der Waals surface area contributed by atoms with E-state index in [9.17, 15) is 0 Å². The summed E-state index contributed by atoms with van der Waals surface area (Å²) in [6.45, 7) is 27.1. The fourth-order valence-electron chi connectivity index (χ4n) is 5.48. The van der Waals surface area contributed by atoms with Crippen molar-refractivity contribution in [3.8, 4) is 0 Å². The van der Waals surface area contributed by atoms with Crippen LogP contribution in [0.15, 0.2) is 90.0 Å². The van der Waals surface area contributed by atoms with Crippen molar-refractivity contribution in [1.29, 1.82) is 0 Å². The van der Waals surface area contributed by atoms with Gasteiger partial charge in [-0.2, -0.15) is 11.6 Å². The molecule has 0 radical (unpaired) electrons. The molecule has 1 aliphatic carbocycles. The Hall–Kier alpha value is -1.66. The number of hydrogen-bond donors (Lipinski definition) is 0. The fraction of sp³-hybridized carbons (Fsp3) is 0.429. The summed E-state index contributed by atoms with van der Waals surface area (Å²) in [6, 6.07) is 26.6. The van der Waals surface area contributed by atoms with E-state index in [1.807, 2.05) is 6.07 Å². The number of benzene rings is 3. The molecule has 3 heteroatoms. The van der Waals surface area contributed by atoms with Crippen molar-refractivity contribution in [2.75, 3.05) is 0 Å². The minimum atomic E-state index is 0. The Morgan fingerprint density at radius 3 is 1.49 bits per heavy atom. The average Bonchev–Trinajstić information content (AvgIpc) is 3.54. The Bertz CT molecular complexity index is 1530. The minimum absolute atomic E-state index is 0. The molecule has 1 unspecified atom stereocenters. The Kier molecular flexibility index (Phi) is 15.6. The molecule has 4 aromatic rings. The molecule has 0 aromatic heterocycles. The van der Waals surface area contributed by atoms with Crippen molar-refractivity contribution in [2.24, 2.45) is 11.3 Å². The van der Waals surface area contributed by atoms with Gasteiger partial charge in [-0.05, 0) is 10.8 Å². The molecule has 0 saturated heterocycles. The molecule has 0 aliphatic heterocycles. The molecule has 1 aliphatic rings. The van der Waals surface area contributed by atoms with Crippen LogP contribution >= 0.6 is 0 Å². The van der Waals surface area contributed by atoms with E-state index in [0.717, 1.165) is 6.42 Å². The standard InChI is InChI=1S/C21H25.C13H21.C8H8.2ClH.Zr/c1-20(2,3)16-9-7-14-11-15-8-10-17(21(4,5)6)13-19(15)18(14)12-16;1-6-10-8-11(7-2)12(9-10)13(3,4)5;1-2-8-6-4-3-5-7-8;;;/h7-13H,1-6H3;9-10H,6-7H2,1-5H3;3-7H,1H3;2*1H;/q2*-1;;;;+2/p-2. The molecule has 5 rings (SSSR count). The van der Waals surface area contributed by atoms with Crippen LogP contribution in [0, 0.1) is 17.4 Å². The van der Waals surface area contributed by atoms with Gasteiger partial charge in [-0.15, -0.1) is 39.7 Å². The Morgan fingerprint density at radius 2 is 1.18 bits per heavy atom. The van der Waals surface area contributed by atoms with Crippen molar-refractivity contribution < 1.29 is 49.0 Å². The third kappa shape index (κ3) is 11.2. The fourth-order valence-corrected chi connectivity index (χ4v) is 5.89. The summed E-state index contributed by atoms with van der Waals surface area (Å²) in [6.07, 6.45) is 8.28. The topological polar surface area (TPSA) is 0 Å². The molecule has 0 spiro atoms. The van der Waals surface area contributed by atoms with Crippen LogP contribution in [-0.4, -0.2) is 3.21 Å². The van der Waals surface area contributed by atoms with Gasteiger partial charge in [-0.1, -0.05) is 136 Å². The Balaban J connectivity index is 0.000000363. The van der Waals surface area contributed by atoms with Gasteiger partial charge in [0.15, 0.2) is 0 Å². The van der Waals surface area contributed by atoms with E-state index >= 15 is 0 Å². The van der Waals surface area contributed by atoms with Crippen LogP contribution in [0.4, 0.5) is 0 Å². The van der Waals surface area contributed by atoms with Crippen LogP contribution in [0.3, 0.4) is 0 Å². The predicted molar refractivity (Wildman–Crippen MR) is 189 cm³/mol. The first kappa shape index (κ1) is 41.4. The van der Waals surface area contributed by atoms with Crippen LogP contribution in [0.25, 0.3) is 21.5 Å². The monoisotopic (exact) mass is 718 g/mol. The van der Waals surface area contributed by atoms with E-state index in [0.29, 0.717) is 11.3 Å². The molecule has 0 fully saturated rings. The summed E-state index contributed by atoms with van der Waals surface area (Å²) >= 11 is 1.51. The van der Waals surface area contributed by atoms with E-state index in [-0.39, 0.29) is 35.6 Å². The van der Waals surface area contributed by atoms with E-state index in [2.05, 4.69) is 162 Å². The summed E-state index contributed by atoms with van der Waals surface area (Å²) in [5, 5.41) is 5.49. The van der Waals surface area contributed by atoms with Gasteiger partial charge < -0.3 is 24.8 Å². The first-order valence-corrected chi connectivity index (χ1v) is 17.3. The Morgan fingerprint density at radius 1 is 0.711 bits per heavy atom. The number of fused-ring (bicyclic) bond motifs is 3. The van der Waals surface area contributed by atoms with E-state index in [1.54, 1.807) is 0 Å². The van der Waals surface area contributed by atoms with Crippen LogP contribution in [0.5, 0.6) is 0 Å². The van der Waals surface area contributed by atoms with Crippen molar-refractivity contribution in [3.05, 3.63) is 113 Å². The maximum absolute atomic E-state index is 3.57. The van der Waals surface area contributed by atoms with Crippen LogP contribution in [0.1, 0.15) is 113 Å². The largest absolute Gasteiger partial charge is 1.00 e. The summed E-state index contributed by atoms with van der Waals surface area (Å²) < 4.78 is 1.46. The van der Waals surface area contributed by atoms with Crippen LogP contribution in [-0.2, 0) is 35.1 Å². The van der Waals surface area contributed by atoms with E-state index in [1.165, 1.54) is 83.2 Å². The summed E-state index contributed by atoms with van der Waals surface area (Å²) in [5.41, 5.74) is 7.82. The number of rotatable bonds is 3. The predicted octanol–water partition coefficient (Wildman–Crippen LogP) is 6.23. The molecule has 0 heterocycles. The van der Waals surface area contributed by atoms with Crippen LogP contribution < -0.4 is 24.8 Å². The van der Waals surface area contributed by atoms with Crippen molar-refractivity contribution in [2.45, 2.75) is 107 Å². The first-order chi connectivity index (χ1) is 20.0. The second-order valence-corrected chi connectivity index (χ2v) is 16.9. The second kappa shape index (κ2) is 17.0. The molecular weight excluding hydrogens is 667 g/mol. The molecule has 1 atom stereocenters. The molecule has 0 nitrogen and oxygen atoms in total. The van der Waals surface area contributed by atoms with Gasteiger partial charge in [-0.3, -0.25) is 6.08 Å². The van der Waals surface area contributed by atoms with Crippen molar-refractivity contribution in [1.82, 2.24) is 0 Å². The molecule has 45 heavy (non-hydrogen) atoms. The normalized spacial score (nSPS) is 14.7. The molecular formula is C42H54Cl2Zr-2. The minimum Gasteiger partial charge on any atom is -1.00 e. The van der Waals surface area contributed by atoms with Crippen LogP contribution in [0.2, 0.25) is 0 Å². The summed E-state index contributed by atoms with van der Waals surface area (Å²) in [4.78, 5) is 0. The third-order valence-corrected chi connectivity index (χ3v) is 9.01. The van der Waals surface area contributed by atoms with Gasteiger partial charge in [0.05, 0.1) is 0 Å². The maximum atomic E-state index is 3.57. The Labute approximate surface area is 302 Å². The number of halogens is 2. The third-order valence-electron chi connectivity index (χ3n) is 8.30. The van der Waals surface area contributed by atoms with E-state index < -0.39 is 0 Å². The van der Waals surface area contributed by atoms with Crippen molar-refractivity contribution >= 4 is 24.8 Å². The SMILES string of the molecule is CC(C)(C)c1ccc2[cH-]c3ccc(C(C)(C)C)cc3c2c1.CCC1=[C-]C(CC)C=C1C(C)(C)C.C[C](=[Zr+2])c1ccccc1.[Cl-].[Cl-]. The number of allylic oxidation sites excluding steroid dienone is 4. The smallest absolute Gasteiger partial charge is 1.00 e. The summed E-state index contributed by atoms with van der Waals surface area (Å²) in [5.74, 6) is 0.573. The average molecular weight is 721 g/mol. The molecule has 242 valence electrons. The molecule has 4 aromatic carbocycles. The number of hydrogen-bond acceptors (Lipinski definition) is 0. The van der Waals surface area contributed by atoms with Crippen molar-refractivity contribution in [3.63, 3.8) is 0 Å². The van der Waals surface area contributed by atoms with Gasteiger partial charge in [0.1, 0.15) is 0 Å². The molecule has 0 bridgehead atoms. The van der Waals surface area contributed by atoms with E-state index in [4.69, 9.17) is 0 Å². The quantitative estimate of drug-likeness (QED) is 0.221. The zero-order chi connectivity index (χ0) is 32.2. The zero-order valence-electron chi connectivity index (χ0n) is 29.8. The molecule has 0 saturated carbocycles. The maximum Gasteiger partial charge on any atom is -1.00 e. The summed E-state index contributed by atoms with van der Waals surface area (Å²) in [7, 11) is 0. The molecule has 0 N–H and O–H groups in total. The van der Waals surface area contributed by atoms with Gasteiger partial charge in [0, 0.05) is 0 Å². The zero-order valence-corrected chi connectivity index (χ0v) is 33.7. The van der Waals surface area contributed by atoms with Gasteiger partial charge >= 0.3 is 70.3 Å². The molecule has 0 amide bonds.